The van der Waals surface area contributed by atoms with Crippen LogP contribution in [-0.4, -0.2) is 5.91 Å². The molecule has 0 aliphatic carbocycles. The molecule has 0 bridgehead atoms. The molecule has 21 heavy (non-hydrogen) atoms. The molecular formula is C17H19BrN2O. The van der Waals surface area contributed by atoms with Gasteiger partial charge in [-0.05, 0) is 50.1 Å². The van der Waals surface area contributed by atoms with E-state index >= 15 is 0 Å². The van der Waals surface area contributed by atoms with E-state index < -0.39 is 0 Å². The number of carbonyl (C=O) groups is 1. The second-order valence-corrected chi connectivity index (χ2v) is 6.24. The molecule has 0 aromatic heterocycles. The van der Waals surface area contributed by atoms with E-state index in [-0.39, 0.29) is 11.9 Å². The van der Waals surface area contributed by atoms with E-state index in [1.54, 1.807) is 18.2 Å². The number of aryl methyl sites for hydroxylation is 2. The Morgan fingerprint density at radius 2 is 1.90 bits per heavy atom. The number of benzene rings is 2. The first kappa shape index (κ1) is 15.6. The minimum Gasteiger partial charge on any atom is -0.399 e. The minimum absolute atomic E-state index is 0.0578. The molecule has 1 unspecified atom stereocenters. The number of hydrogen-bond acceptors (Lipinski definition) is 2. The molecular weight excluding hydrogens is 328 g/mol. The van der Waals surface area contributed by atoms with Crippen molar-refractivity contribution in [1.82, 2.24) is 5.32 Å². The van der Waals surface area contributed by atoms with E-state index in [0.29, 0.717) is 11.3 Å². The van der Waals surface area contributed by atoms with E-state index in [4.69, 9.17) is 5.73 Å². The first-order chi connectivity index (χ1) is 9.86. The van der Waals surface area contributed by atoms with Crippen LogP contribution in [0.2, 0.25) is 0 Å². The van der Waals surface area contributed by atoms with Crippen molar-refractivity contribution in [2.24, 2.45) is 0 Å². The van der Waals surface area contributed by atoms with Crippen LogP contribution in [0, 0.1) is 13.8 Å². The lowest BCUT2D eigenvalue weighted by Crippen LogP contribution is -2.27. The maximum absolute atomic E-state index is 12.3. The fourth-order valence-corrected chi connectivity index (χ4v) is 2.84. The molecule has 2 aromatic rings. The second-order valence-electron chi connectivity index (χ2n) is 5.33. The third-order valence-corrected chi connectivity index (χ3v) is 3.89. The molecule has 0 radical (unpaired) electrons. The number of halogens is 1. The number of nitrogens with one attached hydrogen (secondary N) is 1. The molecule has 0 spiro atoms. The van der Waals surface area contributed by atoms with Crippen molar-refractivity contribution in [3.63, 3.8) is 0 Å². The summed E-state index contributed by atoms with van der Waals surface area (Å²) in [6.07, 6.45) is 0. The number of nitrogens with two attached hydrogens (primary N) is 1. The maximum Gasteiger partial charge on any atom is 0.251 e. The number of anilines is 1. The number of rotatable bonds is 3. The van der Waals surface area contributed by atoms with Crippen LogP contribution in [0.1, 0.15) is 40.0 Å². The summed E-state index contributed by atoms with van der Waals surface area (Å²) in [5.41, 5.74) is 10.4. The van der Waals surface area contributed by atoms with E-state index in [1.807, 2.05) is 13.8 Å². The van der Waals surface area contributed by atoms with Gasteiger partial charge in [-0.1, -0.05) is 39.7 Å². The molecule has 4 heteroatoms. The van der Waals surface area contributed by atoms with Crippen LogP contribution in [0.25, 0.3) is 0 Å². The highest BCUT2D eigenvalue weighted by Gasteiger charge is 2.14. The molecule has 0 aliphatic rings. The van der Waals surface area contributed by atoms with Gasteiger partial charge in [0.15, 0.2) is 0 Å². The molecule has 2 aromatic carbocycles. The summed E-state index contributed by atoms with van der Waals surface area (Å²) in [5.74, 6) is -0.128. The Hall–Kier alpha value is -1.81. The lowest BCUT2D eigenvalue weighted by Gasteiger charge is -2.17. The summed E-state index contributed by atoms with van der Waals surface area (Å²) in [4.78, 5) is 12.3. The monoisotopic (exact) mass is 346 g/mol. The molecule has 2 rings (SSSR count). The van der Waals surface area contributed by atoms with Crippen LogP contribution in [0.4, 0.5) is 5.69 Å². The van der Waals surface area contributed by atoms with Crippen LogP contribution in [0.5, 0.6) is 0 Å². The van der Waals surface area contributed by atoms with Crippen LogP contribution in [0.15, 0.2) is 40.9 Å². The summed E-state index contributed by atoms with van der Waals surface area (Å²) in [5, 5.41) is 3.02. The topological polar surface area (TPSA) is 55.1 Å². The van der Waals surface area contributed by atoms with E-state index in [9.17, 15) is 4.79 Å². The molecule has 3 N–H and O–H groups in total. The third kappa shape index (κ3) is 3.85. The van der Waals surface area contributed by atoms with Crippen LogP contribution < -0.4 is 11.1 Å². The van der Waals surface area contributed by atoms with Gasteiger partial charge in [0.2, 0.25) is 0 Å². The minimum atomic E-state index is -0.128. The number of carbonyl (C=O) groups excluding carboxylic acids is 1. The highest BCUT2D eigenvalue weighted by Crippen LogP contribution is 2.21. The molecule has 0 aliphatic heterocycles. The van der Waals surface area contributed by atoms with E-state index in [0.717, 1.165) is 10.0 Å². The Labute approximate surface area is 133 Å². The molecule has 3 nitrogen and oxygen atoms in total. The summed E-state index contributed by atoms with van der Waals surface area (Å²) >= 11 is 3.35. The highest BCUT2D eigenvalue weighted by atomic mass is 79.9. The lowest BCUT2D eigenvalue weighted by atomic mass is 9.99. The molecule has 110 valence electrons. The zero-order valence-corrected chi connectivity index (χ0v) is 14.0. The van der Waals surface area contributed by atoms with Crippen molar-refractivity contribution in [2.45, 2.75) is 26.8 Å². The molecule has 0 saturated heterocycles. The predicted octanol–water partition coefficient (Wildman–Crippen LogP) is 4.14. The quantitative estimate of drug-likeness (QED) is 0.820. The normalized spacial score (nSPS) is 12.0. The molecule has 0 saturated carbocycles. The van der Waals surface area contributed by atoms with Gasteiger partial charge in [0.25, 0.3) is 5.91 Å². The fourth-order valence-electron chi connectivity index (χ4n) is 2.33. The molecule has 0 fully saturated rings. The van der Waals surface area contributed by atoms with Crippen molar-refractivity contribution in [1.29, 1.82) is 0 Å². The Balaban J connectivity index is 2.20. The van der Waals surface area contributed by atoms with Crippen LogP contribution in [-0.2, 0) is 0 Å². The molecule has 1 amide bonds. The fraction of sp³-hybridized carbons (Fsp3) is 0.235. The summed E-state index contributed by atoms with van der Waals surface area (Å²) in [6.45, 7) is 6.09. The van der Waals surface area contributed by atoms with Crippen molar-refractivity contribution in [3.8, 4) is 0 Å². The van der Waals surface area contributed by atoms with E-state index in [1.165, 1.54) is 11.1 Å². The molecule has 1 atom stereocenters. The van der Waals surface area contributed by atoms with Crippen LogP contribution in [0.3, 0.4) is 0 Å². The highest BCUT2D eigenvalue weighted by molar-refractivity contribution is 9.10. The number of nitrogen functional groups attached to an aromatic ring is 1. The average molecular weight is 347 g/mol. The Morgan fingerprint density at radius 1 is 1.19 bits per heavy atom. The van der Waals surface area contributed by atoms with Gasteiger partial charge in [0, 0.05) is 15.7 Å². The number of amides is 1. The van der Waals surface area contributed by atoms with Crippen molar-refractivity contribution < 1.29 is 4.79 Å². The smallest absolute Gasteiger partial charge is 0.251 e. The predicted molar refractivity (Wildman–Crippen MR) is 90.4 cm³/mol. The standard InChI is InChI=1S/C17H19BrN2O/c1-10-4-5-11(2)16(6-10)12(3)20-17(21)13-7-14(18)9-15(19)8-13/h4-9,12H,19H2,1-3H3,(H,20,21). The summed E-state index contributed by atoms with van der Waals surface area (Å²) < 4.78 is 0.798. The van der Waals surface area contributed by atoms with Crippen LogP contribution >= 0.6 is 15.9 Å². The SMILES string of the molecule is Cc1ccc(C)c(C(C)NC(=O)c2cc(N)cc(Br)c2)c1. The van der Waals surface area contributed by atoms with Gasteiger partial charge in [-0.25, -0.2) is 0 Å². The van der Waals surface area contributed by atoms with Crippen molar-refractivity contribution in [3.05, 3.63) is 63.1 Å². The second kappa shape index (κ2) is 6.31. The van der Waals surface area contributed by atoms with Crippen molar-refractivity contribution >= 4 is 27.5 Å². The van der Waals surface area contributed by atoms with Gasteiger partial charge in [-0.2, -0.15) is 0 Å². The first-order valence-corrected chi connectivity index (χ1v) is 7.60. The van der Waals surface area contributed by atoms with Gasteiger partial charge >= 0.3 is 0 Å². The first-order valence-electron chi connectivity index (χ1n) is 6.81. The van der Waals surface area contributed by atoms with Gasteiger partial charge in [0.1, 0.15) is 0 Å². The average Bonchev–Trinajstić information content (AvgIpc) is 2.40. The van der Waals surface area contributed by atoms with Gasteiger partial charge in [-0.15, -0.1) is 0 Å². The Kier molecular flexibility index (Phi) is 4.68. The van der Waals surface area contributed by atoms with Gasteiger partial charge in [0.05, 0.1) is 6.04 Å². The lowest BCUT2D eigenvalue weighted by molar-refractivity contribution is 0.0940. The largest absolute Gasteiger partial charge is 0.399 e. The zero-order chi connectivity index (χ0) is 15.6. The molecule has 0 heterocycles. The van der Waals surface area contributed by atoms with Crippen molar-refractivity contribution in [2.75, 3.05) is 5.73 Å². The van der Waals surface area contributed by atoms with E-state index in [2.05, 4.69) is 46.4 Å². The Bertz CT molecular complexity index is 662. The third-order valence-electron chi connectivity index (χ3n) is 3.43. The summed E-state index contributed by atoms with van der Waals surface area (Å²) in [6, 6.07) is 11.4. The maximum atomic E-state index is 12.3. The zero-order valence-electron chi connectivity index (χ0n) is 12.4. The van der Waals surface area contributed by atoms with Gasteiger partial charge < -0.3 is 11.1 Å². The summed E-state index contributed by atoms with van der Waals surface area (Å²) in [7, 11) is 0. The van der Waals surface area contributed by atoms with Gasteiger partial charge in [-0.3, -0.25) is 4.79 Å². The number of hydrogen-bond donors (Lipinski definition) is 2. The Morgan fingerprint density at radius 3 is 2.57 bits per heavy atom.